The third-order valence-corrected chi connectivity index (χ3v) is 10.6. The molecule has 0 saturated carbocycles. The minimum absolute atomic E-state index is 0.114. The fourth-order valence-electron chi connectivity index (χ4n) is 7.13. The Morgan fingerprint density at radius 3 is 2.70 bits per heavy atom. The van der Waals surface area contributed by atoms with Gasteiger partial charge in [0.25, 0.3) is 0 Å². The van der Waals surface area contributed by atoms with E-state index in [1.54, 1.807) is 4.90 Å². The van der Waals surface area contributed by atoms with Gasteiger partial charge in [-0.15, -0.1) is 11.3 Å². The fraction of sp³-hybridized carbons (Fsp3) is 0.636. The van der Waals surface area contributed by atoms with Crippen molar-refractivity contribution in [3.63, 3.8) is 0 Å². The number of hydrogen-bond acceptors (Lipinski definition) is 13. The van der Waals surface area contributed by atoms with Crippen molar-refractivity contribution >= 4 is 28.2 Å². The molecule has 6 rings (SSSR count). The molecule has 3 aliphatic rings. The number of fused-ring (bicyclic) bond motifs is 1. The maximum absolute atomic E-state index is 12.9. The molecule has 1 amide bonds. The van der Waals surface area contributed by atoms with E-state index in [9.17, 15) is 10.1 Å². The molecule has 4 atom stereocenters. The molecular formula is C33H45N9O4S. The summed E-state index contributed by atoms with van der Waals surface area (Å²) in [6, 6.07) is 4.53. The molecule has 0 radical (unpaired) electrons. The van der Waals surface area contributed by atoms with E-state index in [2.05, 4.69) is 35.0 Å². The van der Waals surface area contributed by atoms with Crippen LogP contribution >= 0.6 is 11.3 Å². The number of carbonyl (C=O) groups is 1. The van der Waals surface area contributed by atoms with E-state index < -0.39 is 11.0 Å². The largest absolute Gasteiger partial charge is 0.459 e. The number of hydrogen-bond donors (Lipinski definition) is 1. The van der Waals surface area contributed by atoms with Crippen LogP contribution in [0, 0.1) is 11.3 Å². The number of nitrogens with two attached hydrogens (primary N) is 1. The molecule has 252 valence electrons. The molecule has 0 unspecified atom stereocenters. The lowest BCUT2D eigenvalue weighted by Gasteiger charge is -2.40. The average molecular weight is 664 g/mol. The van der Waals surface area contributed by atoms with Crippen LogP contribution < -0.4 is 15.4 Å². The van der Waals surface area contributed by atoms with Crippen LogP contribution in [0.1, 0.15) is 89.1 Å². The van der Waals surface area contributed by atoms with Gasteiger partial charge in [-0.1, -0.05) is 5.16 Å². The first kappa shape index (κ1) is 33.0. The van der Waals surface area contributed by atoms with Gasteiger partial charge in [0.2, 0.25) is 11.7 Å². The number of nitrogen functional groups attached to an aromatic ring is 1. The van der Waals surface area contributed by atoms with Crippen LogP contribution in [0.2, 0.25) is 0 Å². The van der Waals surface area contributed by atoms with Crippen molar-refractivity contribution < 1.29 is 18.8 Å². The molecule has 1 aliphatic carbocycles. The summed E-state index contributed by atoms with van der Waals surface area (Å²) < 4.78 is 18.0. The minimum atomic E-state index is -0.651. The molecule has 13 nitrogen and oxygen atoms in total. The lowest BCUT2D eigenvalue weighted by Crippen LogP contribution is -2.55. The summed E-state index contributed by atoms with van der Waals surface area (Å²) in [5.74, 6) is 1.39. The van der Waals surface area contributed by atoms with Gasteiger partial charge >= 0.3 is 12.1 Å². The van der Waals surface area contributed by atoms with Crippen LogP contribution in [0.25, 0.3) is 11.5 Å². The maximum atomic E-state index is 12.9. The molecule has 3 aromatic heterocycles. The molecule has 0 aromatic carbocycles. The molecule has 14 heteroatoms. The highest BCUT2D eigenvalue weighted by Crippen LogP contribution is 2.48. The van der Waals surface area contributed by atoms with Crippen LogP contribution in [-0.2, 0) is 16.6 Å². The van der Waals surface area contributed by atoms with Crippen LogP contribution in [-0.4, -0.2) is 93.0 Å². The van der Waals surface area contributed by atoms with E-state index in [4.69, 9.17) is 34.7 Å². The summed E-state index contributed by atoms with van der Waals surface area (Å²) >= 11 is 1.47. The van der Waals surface area contributed by atoms with Gasteiger partial charge in [-0.2, -0.15) is 20.2 Å². The quantitative estimate of drug-likeness (QED) is 0.377. The lowest BCUT2D eigenvalue weighted by molar-refractivity contribution is 0.0158. The first-order chi connectivity index (χ1) is 22.3. The Kier molecular flexibility index (Phi) is 8.82. The maximum Gasteiger partial charge on any atom is 0.410 e. The number of rotatable bonds is 6. The number of ether oxygens (including phenoxy) is 2. The molecule has 0 bridgehead atoms. The van der Waals surface area contributed by atoms with E-state index in [0.717, 1.165) is 49.1 Å². The Bertz CT molecular complexity index is 1680. The van der Waals surface area contributed by atoms with Crippen molar-refractivity contribution in [1.29, 1.82) is 5.26 Å². The number of amides is 1. The van der Waals surface area contributed by atoms with Gasteiger partial charge in [-0.05, 0) is 87.2 Å². The molecule has 3 aromatic rings. The monoisotopic (exact) mass is 663 g/mol. The van der Waals surface area contributed by atoms with Crippen molar-refractivity contribution in [2.24, 2.45) is 0 Å². The number of aromatic nitrogens is 4. The number of likely N-dealkylation sites (N-methyl/N-ethyl adjacent to an activating group) is 1. The van der Waals surface area contributed by atoms with Crippen LogP contribution in [0.3, 0.4) is 0 Å². The van der Waals surface area contributed by atoms with E-state index >= 15 is 0 Å². The van der Waals surface area contributed by atoms with Crippen molar-refractivity contribution in [3.05, 3.63) is 28.0 Å². The summed E-state index contributed by atoms with van der Waals surface area (Å²) in [5.41, 5.74) is 6.89. The third-order valence-electron chi connectivity index (χ3n) is 9.56. The normalized spacial score (nSPS) is 24.1. The van der Waals surface area contributed by atoms with Crippen LogP contribution in [0.5, 0.6) is 6.01 Å². The first-order valence-electron chi connectivity index (χ1n) is 16.4. The molecule has 47 heavy (non-hydrogen) atoms. The number of piperazine rings is 1. The number of likely N-dealkylation sites (tertiary alicyclic amines) is 1. The number of carbonyl (C=O) groups excluding carboxylic acids is 1. The zero-order valence-electron chi connectivity index (χ0n) is 28.4. The van der Waals surface area contributed by atoms with Gasteiger partial charge in [0.1, 0.15) is 34.3 Å². The Hall–Kier alpha value is -3.96. The summed E-state index contributed by atoms with van der Waals surface area (Å²) in [6.07, 6.45) is 4.24. The third kappa shape index (κ3) is 6.47. The van der Waals surface area contributed by atoms with Gasteiger partial charge in [0.05, 0.1) is 11.0 Å². The van der Waals surface area contributed by atoms with Crippen molar-refractivity contribution in [2.45, 2.75) is 103 Å². The smallest absolute Gasteiger partial charge is 0.410 e. The fourth-order valence-corrected chi connectivity index (χ4v) is 8.33. The topological polar surface area (TPSA) is 160 Å². The first-order valence-corrected chi connectivity index (χ1v) is 17.3. The predicted molar refractivity (Wildman–Crippen MR) is 179 cm³/mol. The van der Waals surface area contributed by atoms with Gasteiger partial charge in [-0.25, -0.2) is 4.79 Å². The second kappa shape index (κ2) is 12.6. The summed E-state index contributed by atoms with van der Waals surface area (Å²) in [7, 11) is 2.11. The highest BCUT2D eigenvalue weighted by Gasteiger charge is 2.43. The van der Waals surface area contributed by atoms with Crippen molar-refractivity contribution in [3.8, 4) is 23.6 Å². The number of nitriles is 1. The van der Waals surface area contributed by atoms with E-state index in [1.807, 2.05) is 40.7 Å². The van der Waals surface area contributed by atoms with Gasteiger partial charge in [-0.3, -0.25) is 4.90 Å². The highest BCUT2D eigenvalue weighted by atomic mass is 32.1. The summed E-state index contributed by atoms with van der Waals surface area (Å²) in [4.78, 5) is 34.7. The van der Waals surface area contributed by atoms with Gasteiger partial charge in [0.15, 0.2) is 0 Å². The van der Waals surface area contributed by atoms with Crippen LogP contribution in [0.15, 0.2) is 10.6 Å². The van der Waals surface area contributed by atoms with Crippen molar-refractivity contribution in [1.82, 2.24) is 29.9 Å². The number of nitrogens with zero attached hydrogens (tertiary/aromatic N) is 8. The van der Waals surface area contributed by atoms with Crippen LogP contribution in [0.4, 0.5) is 15.6 Å². The Morgan fingerprint density at radius 2 is 2.02 bits per heavy atom. The van der Waals surface area contributed by atoms with E-state index in [-0.39, 0.29) is 30.3 Å². The molecule has 2 fully saturated rings. The molecule has 0 spiro atoms. The molecule has 5 heterocycles. The number of aryl methyl sites for hydroxylation is 1. The molecular weight excluding hydrogens is 618 g/mol. The Balaban J connectivity index is 1.32. The number of thiophene rings is 1. The lowest BCUT2D eigenvalue weighted by atomic mass is 9.72. The van der Waals surface area contributed by atoms with Gasteiger partial charge in [0, 0.05) is 48.2 Å². The highest BCUT2D eigenvalue weighted by molar-refractivity contribution is 7.16. The standard InChI is InChI=1S/C33H45N9O4S/c1-19-18-41(14-15-42(19)31(43)45-32(3,4)5)25-16-22(36-30(37-25)44-20(2)23-10-9-13-40(23)7)28-38-29(46-39-28)33(6)12-8-11-24-26(33)21(17-34)27(35)47-24/h16,19-20,23H,8-15,18,35H2,1-7H3/t19-,20-,23-,33-/m0/s1. The second-order valence-corrected chi connectivity index (χ2v) is 15.4. The SMILES string of the molecule is C[C@H](Oc1nc(-c2noc([C@@]3(C)CCCc4sc(N)c(C#N)c43)n2)cc(N2CCN(C(=O)OC(C)(C)C)[C@@H](C)C2)n1)[C@@H]1CCCN1C. The van der Waals surface area contributed by atoms with Gasteiger partial charge < -0.3 is 29.5 Å². The molecule has 2 N–H and O–H groups in total. The predicted octanol–water partition coefficient (Wildman–Crippen LogP) is 4.99. The average Bonchev–Trinajstić information content (AvgIpc) is 3.75. The Labute approximate surface area is 280 Å². The minimum Gasteiger partial charge on any atom is -0.459 e. The van der Waals surface area contributed by atoms with E-state index in [0.29, 0.717) is 53.4 Å². The summed E-state index contributed by atoms with van der Waals surface area (Å²) in [6.45, 7) is 14.3. The summed E-state index contributed by atoms with van der Waals surface area (Å²) in [5, 5.41) is 14.8. The van der Waals surface area contributed by atoms with E-state index in [1.165, 1.54) is 11.3 Å². The molecule has 2 saturated heterocycles. The second-order valence-electron chi connectivity index (χ2n) is 14.2. The van der Waals surface area contributed by atoms with Crippen molar-refractivity contribution in [2.75, 3.05) is 43.9 Å². The zero-order valence-corrected chi connectivity index (χ0v) is 29.2. The molecule has 2 aliphatic heterocycles. The number of anilines is 2. The zero-order chi connectivity index (χ0) is 33.7. The Morgan fingerprint density at radius 1 is 1.23 bits per heavy atom.